The quantitative estimate of drug-likeness (QED) is 0.442. The van der Waals surface area contributed by atoms with Crippen molar-refractivity contribution in [3.05, 3.63) is 82.3 Å². The van der Waals surface area contributed by atoms with Crippen molar-refractivity contribution in [3.63, 3.8) is 0 Å². The van der Waals surface area contributed by atoms with Gasteiger partial charge in [0.1, 0.15) is 12.0 Å². The number of benzene rings is 1. The lowest BCUT2D eigenvalue weighted by atomic mass is 10.3. The van der Waals surface area contributed by atoms with E-state index in [4.69, 9.17) is 0 Å². The molecule has 3 aromatic rings. The van der Waals surface area contributed by atoms with Crippen molar-refractivity contribution < 1.29 is 4.92 Å². The van der Waals surface area contributed by atoms with E-state index in [1.807, 2.05) is 49.4 Å². The number of hydrazone groups is 1. The first-order chi connectivity index (χ1) is 11.6. The summed E-state index contributed by atoms with van der Waals surface area (Å²) in [5.74, 6) is 0.436. The number of anilines is 1. The normalized spacial score (nSPS) is 10.9. The third kappa shape index (κ3) is 3.30. The minimum absolute atomic E-state index is 0.0573. The zero-order valence-corrected chi connectivity index (χ0v) is 13.0. The summed E-state index contributed by atoms with van der Waals surface area (Å²) >= 11 is 0. The van der Waals surface area contributed by atoms with Crippen LogP contribution in [0.15, 0.2) is 65.9 Å². The number of hydrogen-bond donors (Lipinski definition) is 1. The van der Waals surface area contributed by atoms with E-state index in [1.54, 1.807) is 6.21 Å². The zero-order valence-electron chi connectivity index (χ0n) is 13.0. The minimum atomic E-state index is -0.491. The molecule has 1 aromatic carbocycles. The number of rotatable bonds is 5. The molecule has 0 aliphatic carbocycles. The smallest absolute Gasteiger partial charge is 0.287 e. The molecule has 120 valence electrons. The Hall–Kier alpha value is -3.48. The van der Waals surface area contributed by atoms with Gasteiger partial charge >= 0.3 is 0 Å². The number of nitrogens with zero attached hydrogens (tertiary/aromatic N) is 4. The van der Waals surface area contributed by atoms with Crippen LogP contribution >= 0.6 is 0 Å². The zero-order chi connectivity index (χ0) is 16.9. The standard InChI is InChI=1S/C17H15N5O2/c1-13-7-8-15(21(13)14-5-3-2-4-6-14)12-19-20-17-10-9-16(11-18-17)22(23)24/h2-12H,1H3,(H,18,20)/b19-12+. The molecule has 0 atom stereocenters. The number of para-hydroxylation sites is 1. The van der Waals surface area contributed by atoms with Crippen molar-refractivity contribution in [2.75, 3.05) is 5.43 Å². The Labute approximate surface area is 138 Å². The predicted octanol–water partition coefficient (Wildman–Crippen LogP) is 3.53. The van der Waals surface area contributed by atoms with Crippen LogP contribution in [0.4, 0.5) is 11.5 Å². The molecule has 24 heavy (non-hydrogen) atoms. The van der Waals surface area contributed by atoms with Crippen LogP contribution in [0.2, 0.25) is 0 Å². The van der Waals surface area contributed by atoms with Gasteiger partial charge in [-0.25, -0.2) is 4.98 Å². The molecule has 0 saturated heterocycles. The number of nitrogens with one attached hydrogen (secondary N) is 1. The summed E-state index contributed by atoms with van der Waals surface area (Å²) in [6.45, 7) is 2.02. The molecule has 0 aliphatic heterocycles. The number of nitro groups is 1. The molecule has 0 saturated carbocycles. The summed E-state index contributed by atoms with van der Waals surface area (Å²) in [5, 5.41) is 14.8. The molecule has 0 fully saturated rings. The average molecular weight is 321 g/mol. The predicted molar refractivity (Wildman–Crippen MR) is 92.6 cm³/mol. The van der Waals surface area contributed by atoms with Crippen LogP contribution in [0.1, 0.15) is 11.4 Å². The molecule has 7 heteroatoms. The summed E-state index contributed by atoms with van der Waals surface area (Å²) in [7, 11) is 0. The van der Waals surface area contributed by atoms with E-state index in [9.17, 15) is 10.1 Å². The molecule has 1 N–H and O–H groups in total. The van der Waals surface area contributed by atoms with E-state index >= 15 is 0 Å². The van der Waals surface area contributed by atoms with Crippen LogP contribution in [0.5, 0.6) is 0 Å². The monoisotopic (exact) mass is 321 g/mol. The molecular weight excluding hydrogens is 306 g/mol. The first kappa shape index (κ1) is 15.4. The van der Waals surface area contributed by atoms with Crippen molar-refractivity contribution >= 4 is 17.7 Å². The summed E-state index contributed by atoms with van der Waals surface area (Å²) in [4.78, 5) is 14.1. The SMILES string of the molecule is Cc1ccc(/C=N/Nc2ccc([N+](=O)[O-])cn2)n1-c1ccccc1. The molecule has 0 unspecified atom stereocenters. The lowest BCUT2D eigenvalue weighted by Gasteiger charge is -2.08. The molecule has 0 radical (unpaired) electrons. The lowest BCUT2D eigenvalue weighted by Crippen LogP contribution is -2.02. The summed E-state index contributed by atoms with van der Waals surface area (Å²) < 4.78 is 2.08. The van der Waals surface area contributed by atoms with Crippen molar-refractivity contribution in [1.29, 1.82) is 0 Å². The molecule has 3 rings (SSSR count). The minimum Gasteiger partial charge on any atom is -0.313 e. The highest BCUT2D eigenvalue weighted by Crippen LogP contribution is 2.15. The van der Waals surface area contributed by atoms with Crippen LogP contribution < -0.4 is 5.43 Å². The van der Waals surface area contributed by atoms with Crippen LogP contribution in [-0.2, 0) is 0 Å². The van der Waals surface area contributed by atoms with Gasteiger partial charge in [-0.1, -0.05) is 18.2 Å². The van der Waals surface area contributed by atoms with E-state index < -0.39 is 4.92 Å². The van der Waals surface area contributed by atoms with E-state index in [0.29, 0.717) is 5.82 Å². The van der Waals surface area contributed by atoms with Gasteiger partial charge < -0.3 is 4.57 Å². The molecule has 2 aromatic heterocycles. The largest absolute Gasteiger partial charge is 0.313 e. The average Bonchev–Trinajstić information content (AvgIpc) is 2.97. The van der Waals surface area contributed by atoms with Crippen molar-refractivity contribution in [2.45, 2.75) is 6.92 Å². The summed E-state index contributed by atoms with van der Waals surface area (Å²) in [6.07, 6.45) is 2.87. The maximum absolute atomic E-state index is 10.6. The van der Waals surface area contributed by atoms with Crippen LogP contribution in [0.3, 0.4) is 0 Å². The molecule has 0 bridgehead atoms. The summed E-state index contributed by atoms with van der Waals surface area (Å²) in [5.41, 5.74) is 5.77. The second kappa shape index (κ2) is 6.74. The molecule has 0 aliphatic rings. The Balaban J connectivity index is 1.77. The highest BCUT2D eigenvalue weighted by atomic mass is 16.6. The highest BCUT2D eigenvalue weighted by Gasteiger charge is 2.06. The first-order valence-corrected chi connectivity index (χ1v) is 7.28. The van der Waals surface area contributed by atoms with Gasteiger partial charge in [0.15, 0.2) is 0 Å². The van der Waals surface area contributed by atoms with E-state index in [1.165, 1.54) is 18.3 Å². The number of hydrogen-bond acceptors (Lipinski definition) is 5. The second-order valence-electron chi connectivity index (χ2n) is 5.10. The van der Waals surface area contributed by atoms with Gasteiger partial charge in [-0.3, -0.25) is 15.5 Å². The maximum Gasteiger partial charge on any atom is 0.287 e. The van der Waals surface area contributed by atoms with Gasteiger partial charge in [0.05, 0.1) is 16.8 Å². The Bertz CT molecular complexity index is 870. The second-order valence-corrected chi connectivity index (χ2v) is 5.10. The Kier molecular flexibility index (Phi) is 4.33. The van der Waals surface area contributed by atoms with E-state index in [2.05, 4.69) is 20.1 Å². The summed E-state index contributed by atoms with van der Waals surface area (Å²) in [6, 6.07) is 16.8. The molecule has 7 nitrogen and oxygen atoms in total. The van der Waals surface area contributed by atoms with Gasteiger partial charge in [0.25, 0.3) is 5.69 Å². The number of aromatic nitrogens is 2. The fraction of sp³-hybridized carbons (Fsp3) is 0.0588. The molecule has 0 amide bonds. The van der Waals surface area contributed by atoms with Gasteiger partial charge in [0, 0.05) is 17.4 Å². The third-order valence-corrected chi connectivity index (χ3v) is 3.46. The molecule has 2 heterocycles. The lowest BCUT2D eigenvalue weighted by molar-refractivity contribution is -0.385. The first-order valence-electron chi connectivity index (χ1n) is 7.28. The topological polar surface area (TPSA) is 85.3 Å². The Morgan fingerprint density at radius 3 is 2.62 bits per heavy atom. The van der Waals surface area contributed by atoms with E-state index in [-0.39, 0.29) is 5.69 Å². The van der Waals surface area contributed by atoms with Crippen LogP contribution in [0.25, 0.3) is 5.69 Å². The number of pyridine rings is 1. The van der Waals surface area contributed by atoms with Gasteiger partial charge in [-0.15, -0.1) is 0 Å². The third-order valence-electron chi connectivity index (χ3n) is 3.46. The molecular formula is C17H15N5O2. The highest BCUT2D eigenvalue weighted by molar-refractivity contribution is 5.79. The van der Waals surface area contributed by atoms with Gasteiger partial charge in [-0.05, 0) is 37.3 Å². The van der Waals surface area contributed by atoms with Gasteiger partial charge in [0.2, 0.25) is 0 Å². The maximum atomic E-state index is 10.6. The van der Waals surface area contributed by atoms with Crippen molar-refractivity contribution in [3.8, 4) is 5.69 Å². The fourth-order valence-corrected chi connectivity index (χ4v) is 2.31. The molecule has 0 spiro atoms. The Morgan fingerprint density at radius 1 is 1.17 bits per heavy atom. The van der Waals surface area contributed by atoms with Gasteiger partial charge in [-0.2, -0.15) is 5.10 Å². The van der Waals surface area contributed by atoms with Crippen LogP contribution in [0, 0.1) is 17.0 Å². The fourth-order valence-electron chi connectivity index (χ4n) is 2.31. The Morgan fingerprint density at radius 2 is 1.96 bits per heavy atom. The number of aryl methyl sites for hydroxylation is 1. The van der Waals surface area contributed by atoms with Crippen molar-refractivity contribution in [1.82, 2.24) is 9.55 Å². The van der Waals surface area contributed by atoms with Crippen molar-refractivity contribution in [2.24, 2.45) is 5.10 Å². The van der Waals surface area contributed by atoms with Crippen LogP contribution in [-0.4, -0.2) is 20.7 Å². The van der Waals surface area contributed by atoms with E-state index in [0.717, 1.165) is 17.1 Å².